The van der Waals surface area contributed by atoms with Crippen molar-refractivity contribution in [2.75, 3.05) is 0 Å². The van der Waals surface area contributed by atoms with Gasteiger partial charge in [-0.25, -0.2) is 6.08 Å². The zero-order chi connectivity index (χ0) is 25.3. The molecule has 3 heteroatoms. The molecule has 0 atom stereocenters. The number of halogens is 2. The predicted molar refractivity (Wildman–Crippen MR) is 152 cm³/mol. The van der Waals surface area contributed by atoms with Gasteiger partial charge >= 0.3 is 26.2 Å². The van der Waals surface area contributed by atoms with E-state index in [0.29, 0.717) is 5.41 Å². The summed E-state index contributed by atoms with van der Waals surface area (Å²) in [6.45, 7) is 13.6. The van der Waals surface area contributed by atoms with Crippen LogP contribution in [-0.4, -0.2) is 0 Å². The smallest absolute Gasteiger partial charge is 1.00 e. The summed E-state index contributed by atoms with van der Waals surface area (Å²) in [5.74, 6) is 3.23. The fourth-order valence-electron chi connectivity index (χ4n) is 8.22. The molecule has 0 aliphatic heterocycles. The van der Waals surface area contributed by atoms with Crippen molar-refractivity contribution >= 4 is 0 Å². The molecule has 206 valence electrons. The van der Waals surface area contributed by atoms with Crippen molar-refractivity contribution in [3.63, 3.8) is 0 Å². The van der Waals surface area contributed by atoms with Crippen molar-refractivity contribution in [3.8, 4) is 11.1 Å². The van der Waals surface area contributed by atoms with Gasteiger partial charge in [-0.15, -0.1) is 12.0 Å². The summed E-state index contributed by atoms with van der Waals surface area (Å²) in [5.41, 5.74) is 11.1. The first-order chi connectivity index (χ1) is 17.0. The summed E-state index contributed by atoms with van der Waals surface area (Å²) >= 11 is 0. The molecule has 6 aliphatic carbocycles. The summed E-state index contributed by atoms with van der Waals surface area (Å²) in [4.78, 5) is 0. The van der Waals surface area contributed by atoms with Gasteiger partial charge in [0.2, 0.25) is 0 Å². The van der Waals surface area contributed by atoms with Gasteiger partial charge in [0.05, 0.1) is 0 Å². The SMILES string of the molecule is CC(C)(C)c1c[c-]c2c(c1)-c1cc(C(C)(C)C)ccc1C2.[C-]1=CC(C23CC4CC(CC(C4)C2)C3)=CC1.[Cl-].[Cl-].[Zr+4]. The monoisotopic (exact) mass is 636 g/mol. The maximum Gasteiger partial charge on any atom is 4.00 e. The molecule has 0 aromatic heterocycles. The Morgan fingerprint density at radius 3 is 1.85 bits per heavy atom. The molecule has 0 spiro atoms. The Morgan fingerprint density at radius 1 is 0.769 bits per heavy atom. The predicted octanol–water partition coefficient (Wildman–Crippen LogP) is 3.55. The Morgan fingerprint density at radius 2 is 1.33 bits per heavy atom. The number of benzene rings is 2. The molecule has 4 fully saturated rings. The van der Waals surface area contributed by atoms with E-state index in [1.165, 1.54) is 52.6 Å². The quantitative estimate of drug-likeness (QED) is 0.358. The van der Waals surface area contributed by atoms with Crippen LogP contribution in [0.2, 0.25) is 0 Å². The summed E-state index contributed by atoms with van der Waals surface area (Å²) < 4.78 is 0. The van der Waals surface area contributed by atoms with Crippen LogP contribution < -0.4 is 24.8 Å². The standard InChI is InChI=1S/C21H25.C15H19.2ClH.Zr/c1-20(2,3)16-9-7-14-11-15-8-10-17(21(4,5)6)13-19(15)18(14)12-16;1-2-4-14(3-1)15-8-11-5-12(9-15)7-13(6-11)10-15;;;/h7,9-10,12-13H,11H2,1-6H3;3-4,11-13H,1,5-10H2;2*1H;/q2*-1;;;+4/p-2. The van der Waals surface area contributed by atoms with E-state index < -0.39 is 0 Å². The molecular formula is C36H44Cl2Zr. The minimum Gasteiger partial charge on any atom is -1.00 e. The van der Waals surface area contributed by atoms with Crippen molar-refractivity contribution < 1.29 is 51.0 Å². The third-order valence-corrected chi connectivity index (χ3v) is 9.87. The molecular weight excluding hydrogens is 595 g/mol. The van der Waals surface area contributed by atoms with Crippen LogP contribution in [0, 0.1) is 35.3 Å². The van der Waals surface area contributed by atoms with E-state index in [0.717, 1.165) is 30.6 Å². The van der Waals surface area contributed by atoms with Gasteiger partial charge in [-0.05, 0) is 54.4 Å². The Kier molecular flexibility index (Phi) is 10.1. The van der Waals surface area contributed by atoms with Crippen molar-refractivity contribution in [3.05, 3.63) is 82.5 Å². The number of hydrogen-bond acceptors (Lipinski definition) is 0. The van der Waals surface area contributed by atoms with Crippen molar-refractivity contribution in [2.45, 2.75) is 104 Å². The summed E-state index contributed by atoms with van der Waals surface area (Å²) in [6, 6.07) is 15.1. The number of allylic oxidation sites excluding steroid dienone is 4. The van der Waals surface area contributed by atoms with Crippen LogP contribution in [-0.2, 0) is 43.5 Å². The van der Waals surface area contributed by atoms with Gasteiger partial charge in [0, 0.05) is 0 Å². The Hall–Kier alpha value is -0.617. The van der Waals surface area contributed by atoms with Crippen molar-refractivity contribution in [1.29, 1.82) is 0 Å². The molecule has 0 unspecified atom stereocenters. The third-order valence-electron chi connectivity index (χ3n) is 9.87. The molecule has 0 nitrogen and oxygen atoms in total. The molecule has 0 radical (unpaired) electrons. The summed E-state index contributed by atoms with van der Waals surface area (Å²) in [6.07, 6.45) is 19.4. The van der Waals surface area contributed by atoms with Crippen LogP contribution in [0.4, 0.5) is 0 Å². The normalized spacial score (nSPS) is 27.2. The second-order valence-electron chi connectivity index (χ2n) is 14.7. The average molecular weight is 639 g/mol. The fourth-order valence-corrected chi connectivity index (χ4v) is 8.22. The fraction of sp³-hybridized carbons (Fsp3) is 0.556. The Balaban J connectivity index is 0.000000208. The number of hydrogen-bond donors (Lipinski definition) is 0. The van der Waals surface area contributed by atoms with Gasteiger partial charge in [0.15, 0.2) is 0 Å². The minimum atomic E-state index is 0. The molecule has 4 saturated carbocycles. The van der Waals surface area contributed by atoms with Gasteiger partial charge in [0.1, 0.15) is 0 Å². The molecule has 2 aromatic rings. The number of fused-ring (bicyclic) bond motifs is 3. The van der Waals surface area contributed by atoms with Crippen LogP contribution in [0.5, 0.6) is 0 Å². The largest absolute Gasteiger partial charge is 4.00 e. The van der Waals surface area contributed by atoms with Crippen LogP contribution in [0.3, 0.4) is 0 Å². The zero-order valence-electron chi connectivity index (χ0n) is 24.7. The molecule has 0 N–H and O–H groups in total. The van der Waals surface area contributed by atoms with Crippen LogP contribution >= 0.6 is 0 Å². The van der Waals surface area contributed by atoms with Crippen molar-refractivity contribution in [1.82, 2.24) is 0 Å². The van der Waals surface area contributed by atoms with Crippen LogP contribution in [0.1, 0.15) is 109 Å². The van der Waals surface area contributed by atoms with E-state index in [1.54, 1.807) is 24.8 Å². The molecule has 0 saturated heterocycles. The first-order valence-corrected chi connectivity index (χ1v) is 14.5. The Labute approximate surface area is 269 Å². The molecule has 4 bridgehead atoms. The van der Waals surface area contributed by atoms with E-state index in [1.807, 2.05) is 0 Å². The van der Waals surface area contributed by atoms with E-state index in [-0.39, 0.29) is 61.8 Å². The van der Waals surface area contributed by atoms with Gasteiger partial charge in [-0.3, -0.25) is 6.08 Å². The first-order valence-electron chi connectivity index (χ1n) is 14.5. The van der Waals surface area contributed by atoms with Gasteiger partial charge < -0.3 is 24.8 Å². The molecule has 8 rings (SSSR count). The zero-order valence-corrected chi connectivity index (χ0v) is 28.7. The van der Waals surface area contributed by atoms with Gasteiger partial charge in [0.25, 0.3) is 0 Å². The minimum absolute atomic E-state index is 0. The topological polar surface area (TPSA) is 0 Å². The van der Waals surface area contributed by atoms with Gasteiger partial charge in [-0.2, -0.15) is 41.0 Å². The average Bonchev–Trinajstić information content (AvgIpc) is 3.45. The molecule has 2 aromatic carbocycles. The third kappa shape index (κ3) is 6.42. The second-order valence-corrected chi connectivity index (χ2v) is 14.7. The molecule has 39 heavy (non-hydrogen) atoms. The first kappa shape index (κ1) is 32.9. The maximum absolute atomic E-state index is 3.53. The van der Waals surface area contributed by atoms with Crippen LogP contribution in [0.25, 0.3) is 11.1 Å². The summed E-state index contributed by atoms with van der Waals surface area (Å²) in [7, 11) is 0. The second kappa shape index (κ2) is 11.9. The Bertz CT molecular complexity index is 1140. The molecule has 0 heterocycles. The molecule has 0 amide bonds. The van der Waals surface area contributed by atoms with Gasteiger partial charge in [-0.1, -0.05) is 101 Å². The maximum atomic E-state index is 3.53. The molecule has 6 aliphatic rings. The van der Waals surface area contributed by atoms with E-state index in [4.69, 9.17) is 0 Å². The van der Waals surface area contributed by atoms with E-state index in [9.17, 15) is 0 Å². The summed E-state index contributed by atoms with van der Waals surface area (Å²) in [5, 5.41) is 0. The van der Waals surface area contributed by atoms with Crippen molar-refractivity contribution in [2.24, 2.45) is 23.2 Å². The van der Waals surface area contributed by atoms with E-state index in [2.05, 4.69) is 96.2 Å². The van der Waals surface area contributed by atoms with E-state index >= 15 is 0 Å². The number of rotatable bonds is 1. The van der Waals surface area contributed by atoms with Crippen LogP contribution in [0.15, 0.2) is 48.1 Å².